The first-order valence-electron chi connectivity index (χ1n) is 20.6. The van der Waals surface area contributed by atoms with Crippen molar-refractivity contribution >= 4 is 17.3 Å². The zero-order valence-electron chi connectivity index (χ0n) is 35.8. The number of carbonyl (C=O) groups is 1. The fourth-order valence-electron chi connectivity index (χ4n) is 4.74. The summed E-state index contributed by atoms with van der Waals surface area (Å²) in [6.07, 6.45) is -4.48. The zero-order valence-corrected chi connectivity index (χ0v) is 35.8. The fraction of sp³-hybridized carbons (Fsp3) is 0.690. The molecule has 0 unspecified atom stereocenters. The number of ether oxygens (including phenoxy) is 13. The molecule has 0 heterocycles. The number of benzene rings is 2. The number of anilines is 2. The Kier molecular flexibility index (Phi) is 33.3. The number of hydrogen-bond acceptors (Lipinski definition) is 16. The molecule has 19 heteroatoms. The Bertz CT molecular complexity index is 1330. The van der Waals surface area contributed by atoms with Crippen molar-refractivity contribution in [2.75, 3.05) is 191 Å². The summed E-state index contributed by atoms with van der Waals surface area (Å²) in [7, 11) is 4.02. The molecule has 0 aromatic heterocycles. The highest BCUT2D eigenvalue weighted by Gasteiger charge is 2.30. The van der Waals surface area contributed by atoms with Gasteiger partial charge in [-0.1, -0.05) is 18.2 Å². The highest BCUT2D eigenvalue weighted by Crippen LogP contribution is 2.32. The van der Waals surface area contributed by atoms with Crippen molar-refractivity contribution in [3.05, 3.63) is 59.7 Å². The van der Waals surface area contributed by atoms with E-state index < -0.39 is 17.7 Å². The van der Waals surface area contributed by atoms with Gasteiger partial charge in [-0.3, -0.25) is 0 Å². The summed E-state index contributed by atoms with van der Waals surface area (Å²) >= 11 is 0. The van der Waals surface area contributed by atoms with Crippen LogP contribution in [0.15, 0.2) is 48.5 Å². The molecule has 350 valence electrons. The van der Waals surface area contributed by atoms with Crippen molar-refractivity contribution in [2.24, 2.45) is 0 Å². The Hall–Kier alpha value is -3.02. The van der Waals surface area contributed by atoms with Crippen LogP contribution >= 0.6 is 0 Å². The average Bonchev–Trinajstić information content (AvgIpc) is 3.24. The van der Waals surface area contributed by atoms with Gasteiger partial charge in [-0.2, -0.15) is 13.2 Å². The molecule has 0 bridgehead atoms. The van der Waals surface area contributed by atoms with Crippen molar-refractivity contribution in [3.63, 3.8) is 0 Å². The fourth-order valence-corrected chi connectivity index (χ4v) is 4.74. The second kappa shape index (κ2) is 37.5. The third-order valence-corrected chi connectivity index (χ3v) is 7.85. The van der Waals surface area contributed by atoms with Crippen molar-refractivity contribution in [1.29, 1.82) is 0 Å². The Morgan fingerprint density at radius 3 is 1.18 bits per heavy atom. The van der Waals surface area contributed by atoms with Crippen LogP contribution < -0.4 is 5.32 Å². The lowest BCUT2D eigenvalue weighted by Gasteiger charge is -2.13. The van der Waals surface area contributed by atoms with Gasteiger partial charge in [0.15, 0.2) is 0 Å². The van der Waals surface area contributed by atoms with Crippen LogP contribution in [-0.4, -0.2) is 197 Å². The number of alkyl halides is 3. The quantitative estimate of drug-likeness (QED) is 0.0742. The lowest BCUT2D eigenvalue weighted by atomic mass is 10.1. The van der Waals surface area contributed by atoms with E-state index in [0.29, 0.717) is 158 Å². The summed E-state index contributed by atoms with van der Waals surface area (Å²) in [5.74, 6) is -0.631. The molecule has 61 heavy (non-hydrogen) atoms. The smallest absolute Gasteiger partial charge is 0.416 e. The molecule has 0 saturated heterocycles. The van der Waals surface area contributed by atoms with E-state index in [1.165, 1.54) is 18.2 Å². The Labute approximate surface area is 358 Å². The van der Waals surface area contributed by atoms with Crippen molar-refractivity contribution < 1.29 is 79.5 Å². The molecule has 0 aliphatic carbocycles. The Morgan fingerprint density at radius 1 is 0.475 bits per heavy atom. The van der Waals surface area contributed by atoms with Gasteiger partial charge < -0.3 is 71.8 Å². The van der Waals surface area contributed by atoms with Gasteiger partial charge in [0.25, 0.3) is 0 Å². The number of nitrogens with zero attached hydrogens (tertiary/aromatic N) is 1. The normalized spacial score (nSPS) is 11.8. The van der Waals surface area contributed by atoms with E-state index in [0.717, 1.165) is 18.7 Å². The van der Waals surface area contributed by atoms with E-state index in [-0.39, 0.29) is 24.5 Å². The first kappa shape index (κ1) is 54.1. The highest BCUT2D eigenvalue weighted by molar-refractivity contribution is 5.96. The van der Waals surface area contributed by atoms with Crippen molar-refractivity contribution in [2.45, 2.75) is 6.18 Å². The lowest BCUT2D eigenvalue weighted by Crippen LogP contribution is -2.19. The average molecular weight is 881 g/mol. The van der Waals surface area contributed by atoms with E-state index in [2.05, 4.69) is 10.2 Å². The SMILES string of the molecule is CN(C)CCOCCOCCOCCOCCOCCOCCOCCOCCOCCOCCOCCOCCOC(=O)c1ccccc1Nc1cccc(C(F)(F)F)c1. The van der Waals surface area contributed by atoms with Gasteiger partial charge in [-0.25, -0.2) is 4.79 Å². The maximum atomic E-state index is 13.1. The first-order chi connectivity index (χ1) is 29.8. The van der Waals surface area contributed by atoms with E-state index in [1.807, 2.05) is 14.1 Å². The molecule has 0 aliphatic rings. The molecule has 16 nitrogen and oxygen atoms in total. The second-order valence-corrected chi connectivity index (χ2v) is 13.0. The third kappa shape index (κ3) is 31.5. The minimum atomic E-state index is -4.48. The summed E-state index contributed by atoms with van der Waals surface area (Å²) < 4.78 is 110. The lowest BCUT2D eigenvalue weighted by molar-refractivity contribution is -0.137. The van der Waals surface area contributed by atoms with Crippen LogP contribution in [0.5, 0.6) is 0 Å². The molecule has 2 rings (SSSR count). The first-order valence-corrected chi connectivity index (χ1v) is 20.6. The predicted molar refractivity (Wildman–Crippen MR) is 220 cm³/mol. The van der Waals surface area contributed by atoms with E-state index in [1.54, 1.807) is 18.2 Å². The zero-order chi connectivity index (χ0) is 43.9. The molecule has 2 aromatic carbocycles. The van der Waals surface area contributed by atoms with Crippen LogP contribution in [0.25, 0.3) is 0 Å². The molecule has 1 N–H and O–H groups in total. The summed E-state index contributed by atoms with van der Waals surface area (Å²) in [6, 6.07) is 11.1. The van der Waals surface area contributed by atoms with Crippen molar-refractivity contribution in [1.82, 2.24) is 4.90 Å². The van der Waals surface area contributed by atoms with Crippen LogP contribution in [0.1, 0.15) is 15.9 Å². The van der Waals surface area contributed by atoms with E-state index in [4.69, 9.17) is 61.6 Å². The van der Waals surface area contributed by atoms with Crippen molar-refractivity contribution in [3.8, 4) is 0 Å². The number of nitrogens with one attached hydrogen (secondary N) is 1. The van der Waals surface area contributed by atoms with Gasteiger partial charge in [-0.15, -0.1) is 0 Å². The molecule has 0 aliphatic heterocycles. The van der Waals surface area contributed by atoms with Crippen LogP contribution in [0, 0.1) is 0 Å². The number of carbonyl (C=O) groups excluding carboxylic acids is 1. The number of rotatable bonds is 42. The maximum Gasteiger partial charge on any atom is 0.416 e. The second-order valence-electron chi connectivity index (χ2n) is 13.0. The van der Waals surface area contributed by atoms with Gasteiger partial charge in [0.05, 0.1) is 175 Å². The summed E-state index contributed by atoms with van der Waals surface area (Å²) in [6.45, 7) is 12.0. The largest absolute Gasteiger partial charge is 0.460 e. The third-order valence-electron chi connectivity index (χ3n) is 7.85. The topological polar surface area (TPSA) is 152 Å². The summed E-state index contributed by atoms with van der Waals surface area (Å²) in [5, 5.41) is 2.86. The van der Waals surface area contributed by atoms with E-state index in [9.17, 15) is 18.0 Å². The minimum absolute atomic E-state index is 0.00475. The minimum Gasteiger partial charge on any atom is -0.460 e. The molecule has 0 spiro atoms. The molecular weight excluding hydrogens is 813 g/mol. The maximum absolute atomic E-state index is 13.1. The molecule has 0 atom stereocenters. The molecule has 0 saturated carbocycles. The van der Waals surface area contributed by atoms with Crippen LogP contribution in [0.3, 0.4) is 0 Å². The van der Waals surface area contributed by atoms with Gasteiger partial charge in [0.1, 0.15) is 6.61 Å². The molecule has 0 radical (unpaired) electrons. The Balaban J connectivity index is 1.24. The van der Waals surface area contributed by atoms with Gasteiger partial charge in [0.2, 0.25) is 0 Å². The van der Waals surface area contributed by atoms with Gasteiger partial charge in [-0.05, 0) is 44.4 Å². The van der Waals surface area contributed by atoms with Gasteiger partial charge >= 0.3 is 12.1 Å². The number of hydrogen-bond donors (Lipinski definition) is 1. The summed E-state index contributed by atoms with van der Waals surface area (Å²) in [5.41, 5.74) is -0.0973. The van der Waals surface area contributed by atoms with Crippen LogP contribution in [-0.2, 0) is 67.8 Å². The summed E-state index contributed by atoms with van der Waals surface area (Å²) in [4.78, 5) is 14.7. The number of halogens is 3. The Morgan fingerprint density at radius 2 is 0.820 bits per heavy atom. The predicted octanol–water partition coefficient (Wildman–Crippen LogP) is 4.37. The molecular formula is C42H67F3N2O14. The number of likely N-dealkylation sites (N-methyl/N-ethyl adjacent to an activating group) is 1. The molecule has 0 amide bonds. The number of esters is 1. The monoisotopic (exact) mass is 880 g/mol. The highest BCUT2D eigenvalue weighted by atomic mass is 19.4. The number of para-hydroxylation sites is 1. The molecule has 2 aromatic rings. The molecule has 0 fully saturated rings. The standard InChI is InChI=1S/C42H67F3N2O14/c1-47(2)10-11-49-12-13-50-14-15-51-16-17-52-18-19-53-20-21-54-22-23-55-24-25-56-26-27-57-28-29-58-30-31-59-32-33-60-34-35-61-41(48)39-8-3-4-9-40(39)46-38-7-5-6-37(36-38)42(43,44)45/h3-9,36,46H,10-35H2,1-2H3. The van der Waals surface area contributed by atoms with Gasteiger partial charge in [0, 0.05) is 12.2 Å². The van der Waals surface area contributed by atoms with E-state index >= 15 is 0 Å². The van der Waals surface area contributed by atoms with Crippen LogP contribution in [0.4, 0.5) is 24.5 Å². The van der Waals surface area contributed by atoms with Crippen LogP contribution in [0.2, 0.25) is 0 Å².